The van der Waals surface area contributed by atoms with Gasteiger partial charge in [0.05, 0.1) is 6.61 Å². The Kier molecular flexibility index (Phi) is 7.98. The van der Waals surface area contributed by atoms with E-state index < -0.39 is 0 Å². The van der Waals surface area contributed by atoms with Crippen LogP contribution in [0.4, 0.5) is 0 Å². The number of aryl methyl sites for hydroxylation is 1. The molecule has 0 fully saturated rings. The van der Waals surface area contributed by atoms with Crippen LogP contribution in [0.15, 0.2) is 24.3 Å². The highest BCUT2D eigenvalue weighted by atomic mass is 16.5. The third-order valence-corrected chi connectivity index (χ3v) is 3.99. The van der Waals surface area contributed by atoms with E-state index in [1.54, 1.807) is 7.11 Å². The minimum Gasteiger partial charge on any atom is -0.383 e. The zero-order valence-electron chi connectivity index (χ0n) is 14.5. The first kappa shape index (κ1) is 18.2. The van der Waals surface area contributed by atoms with Crippen LogP contribution in [0.25, 0.3) is 0 Å². The Balaban J connectivity index is 2.56. The van der Waals surface area contributed by atoms with Gasteiger partial charge in [0.15, 0.2) is 0 Å². The van der Waals surface area contributed by atoms with Gasteiger partial charge >= 0.3 is 0 Å². The number of benzene rings is 1. The molecule has 0 heterocycles. The van der Waals surface area contributed by atoms with Gasteiger partial charge < -0.3 is 10.1 Å². The largest absolute Gasteiger partial charge is 0.383 e. The number of nitrogens with one attached hydrogen (secondary N) is 1. The average molecular weight is 291 g/mol. The summed E-state index contributed by atoms with van der Waals surface area (Å²) in [7, 11) is 1.76. The van der Waals surface area contributed by atoms with Gasteiger partial charge in [-0.1, -0.05) is 45.0 Å². The highest BCUT2D eigenvalue weighted by Gasteiger charge is 2.16. The number of ether oxygens (including phenoxy) is 1. The van der Waals surface area contributed by atoms with Crippen LogP contribution < -0.4 is 5.32 Å². The van der Waals surface area contributed by atoms with E-state index in [0.29, 0.717) is 11.3 Å². The van der Waals surface area contributed by atoms with Gasteiger partial charge in [-0.3, -0.25) is 0 Å². The second-order valence-electron chi connectivity index (χ2n) is 7.29. The summed E-state index contributed by atoms with van der Waals surface area (Å²) in [5.41, 5.74) is 3.32. The van der Waals surface area contributed by atoms with Crippen molar-refractivity contribution in [3.63, 3.8) is 0 Å². The van der Waals surface area contributed by atoms with E-state index in [1.807, 2.05) is 0 Å². The number of rotatable bonds is 9. The summed E-state index contributed by atoms with van der Waals surface area (Å²) in [5, 5.41) is 3.54. The topological polar surface area (TPSA) is 21.3 Å². The van der Waals surface area contributed by atoms with E-state index in [1.165, 1.54) is 30.4 Å². The quantitative estimate of drug-likeness (QED) is 0.688. The molecule has 1 atom stereocenters. The zero-order chi connectivity index (χ0) is 15.7. The molecule has 1 rings (SSSR count). The molecule has 0 aliphatic heterocycles. The molecule has 0 amide bonds. The second kappa shape index (κ2) is 9.22. The van der Waals surface area contributed by atoms with Gasteiger partial charge in [0.25, 0.3) is 0 Å². The van der Waals surface area contributed by atoms with Crippen molar-refractivity contribution < 1.29 is 4.74 Å². The Labute approximate surface area is 131 Å². The monoisotopic (exact) mass is 291 g/mol. The Morgan fingerprint density at radius 2 is 1.90 bits per heavy atom. The predicted molar refractivity (Wildman–Crippen MR) is 91.8 cm³/mol. The van der Waals surface area contributed by atoms with Crippen LogP contribution in [0, 0.1) is 18.3 Å². The van der Waals surface area contributed by atoms with E-state index in [9.17, 15) is 0 Å². The summed E-state index contributed by atoms with van der Waals surface area (Å²) < 4.78 is 5.11. The maximum atomic E-state index is 5.11. The second-order valence-corrected chi connectivity index (χ2v) is 7.29. The lowest BCUT2D eigenvalue weighted by Crippen LogP contribution is -2.28. The number of hydrogen-bond acceptors (Lipinski definition) is 2. The van der Waals surface area contributed by atoms with Crippen molar-refractivity contribution in [3.8, 4) is 0 Å². The standard InChI is InChI=1S/C19H33NO/c1-16-8-6-7-9-18(16)14-17(10-11-19(2,3)4)15-20-12-13-21-5/h6-9,17,20H,10-15H2,1-5H3. The lowest BCUT2D eigenvalue weighted by molar-refractivity contribution is 0.196. The van der Waals surface area contributed by atoms with Gasteiger partial charge in [0.1, 0.15) is 0 Å². The maximum absolute atomic E-state index is 5.11. The molecule has 2 nitrogen and oxygen atoms in total. The molecule has 1 aromatic rings. The first-order valence-corrected chi connectivity index (χ1v) is 8.16. The third kappa shape index (κ3) is 8.23. The lowest BCUT2D eigenvalue weighted by atomic mass is 9.84. The van der Waals surface area contributed by atoms with Crippen LogP contribution in [0.3, 0.4) is 0 Å². The molecule has 2 heteroatoms. The molecule has 0 radical (unpaired) electrons. The highest BCUT2D eigenvalue weighted by molar-refractivity contribution is 5.25. The molecular weight excluding hydrogens is 258 g/mol. The van der Waals surface area contributed by atoms with Crippen molar-refractivity contribution in [1.82, 2.24) is 5.32 Å². The van der Waals surface area contributed by atoms with Gasteiger partial charge in [-0.05, 0) is 55.2 Å². The molecule has 0 bridgehead atoms. The Bertz CT molecular complexity index is 395. The molecule has 0 aromatic heterocycles. The molecule has 0 saturated carbocycles. The average Bonchev–Trinajstić information content (AvgIpc) is 2.42. The fourth-order valence-corrected chi connectivity index (χ4v) is 2.54. The Morgan fingerprint density at radius 3 is 2.52 bits per heavy atom. The van der Waals surface area contributed by atoms with E-state index in [2.05, 4.69) is 57.3 Å². The van der Waals surface area contributed by atoms with E-state index in [0.717, 1.165) is 19.7 Å². The van der Waals surface area contributed by atoms with Crippen LogP contribution in [0.2, 0.25) is 0 Å². The summed E-state index contributed by atoms with van der Waals surface area (Å²) in [4.78, 5) is 0. The molecule has 21 heavy (non-hydrogen) atoms. The van der Waals surface area contributed by atoms with E-state index in [4.69, 9.17) is 4.74 Å². The molecule has 0 aliphatic carbocycles. The van der Waals surface area contributed by atoms with Gasteiger partial charge in [0, 0.05) is 13.7 Å². The van der Waals surface area contributed by atoms with Gasteiger partial charge in [0.2, 0.25) is 0 Å². The Hall–Kier alpha value is -0.860. The van der Waals surface area contributed by atoms with Crippen molar-refractivity contribution in [2.75, 3.05) is 26.8 Å². The molecular formula is C19H33NO. The van der Waals surface area contributed by atoms with Crippen molar-refractivity contribution in [2.45, 2.75) is 47.0 Å². The summed E-state index contributed by atoms with van der Waals surface area (Å²) in [6.07, 6.45) is 3.72. The molecule has 1 unspecified atom stereocenters. The maximum Gasteiger partial charge on any atom is 0.0587 e. The van der Waals surface area contributed by atoms with Crippen molar-refractivity contribution >= 4 is 0 Å². The minimum atomic E-state index is 0.413. The van der Waals surface area contributed by atoms with Crippen LogP contribution >= 0.6 is 0 Å². The molecule has 0 saturated heterocycles. The summed E-state index contributed by atoms with van der Waals surface area (Å²) in [6.45, 7) is 12.0. The Morgan fingerprint density at radius 1 is 1.19 bits per heavy atom. The summed E-state index contributed by atoms with van der Waals surface area (Å²) in [5.74, 6) is 0.696. The smallest absolute Gasteiger partial charge is 0.0587 e. The van der Waals surface area contributed by atoms with Crippen molar-refractivity contribution in [2.24, 2.45) is 11.3 Å². The lowest BCUT2D eigenvalue weighted by Gasteiger charge is -2.24. The summed E-state index contributed by atoms with van der Waals surface area (Å²) in [6, 6.07) is 8.77. The fraction of sp³-hybridized carbons (Fsp3) is 0.684. The molecule has 0 spiro atoms. The van der Waals surface area contributed by atoms with E-state index >= 15 is 0 Å². The van der Waals surface area contributed by atoms with Crippen LogP contribution in [0.5, 0.6) is 0 Å². The third-order valence-electron chi connectivity index (χ3n) is 3.99. The number of methoxy groups -OCH3 is 1. The van der Waals surface area contributed by atoms with Crippen LogP contribution in [0.1, 0.15) is 44.7 Å². The minimum absolute atomic E-state index is 0.413. The SMILES string of the molecule is COCCNCC(CCC(C)(C)C)Cc1ccccc1C. The number of hydrogen-bond donors (Lipinski definition) is 1. The molecule has 1 aromatic carbocycles. The first-order chi connectivity index (χ1) is 9.92. The molecule has 120 valence electrons. The predicted octanol–water partition coefficient (Wildman–Crippen LogP) is 4.22. The van der Waals surface area contributed by atoms with Gasteiger partial charge in [-0.2, -0.15) is 0 Å². The van der Waals surface area contributed by atoms with Crippen LogP contribution in [-0.4, -0.2) is 26.8 Å². The van der Waals surface area contributed by atoms with Gasteiger partial charge in [-0.25, -0.2) is 0 Å². The zero-order valence-corrected chi connectivity index (χ0v) is 14.5. The van der Waals surface area contributed by atoms with Crippen molar-refractivity contribution in [1.29, 1.82) is 0 Å². The highest BCUT2D eigenvalue weighted by Crippen LogP contribution is 2.25. The normalized spacial score (nSPS) is 13.4. The van der Waals surface area contributed by atoms with Crippen molar-refractivity contribution in [3.05, 3.63) is 35.4 Å². The van der Waals surface area contributed by atoms with Crippen LogP contribution in [-0.2, 0) is 11.2 Å². The van der Waals surface area contributed by atoms with Gasteiger partial charge in [-0.15, -0.1) is 0 Å². The summed E-state index contributed by atoms with van der Waals surface area (Å²) >= 11 is 0. The van der Waals surface area contributed by atoms with E-state index in [-0.39, 0.29) is 0 Å². The molecule has 0 aliphatic rings. The fourth-order valence-electron chi connectivity index (χ4n) is 2.54. The molecule has 1 N–H and O–H groups in total. The first-order valence-electron chi connectivity index (χ1n) is 8.16.